The summed E-state index contributed by atoms with van der Waals surface area (Å²) in [4.78, 5) is 131. The first-order chi connectivity index (χ1) is 71.4. The van der Waals surface area contributed by atoms with Crippen molar-refractivity contribution in [3.63, 3.8) is 0 Å². The van der Waals surface area contributed by atoms with Crippen LogP contribution in [0.3, 0.4) is 0 Å². The maximum atomic E-state index is 14.3. The number of ether oxygens (including phenoxy) is 5. The van der Waals surface area contributed by atoms with Crippen molar-refractivity contribution in [1.29, 1.82) is 0 Å². The number of halogens is 3. The van der Waals surface area contributed by atoms with Crippen LogP contribution in [0.4, 0.5) is 0 Å². The Bertz CT molecular complexity index is 5940. The van der Waals surface area contributed by atoms with Crippen LogP contribution in [0.2, 0.25) is 15.1 Å². The first-order valence-electron chi connectivity index (χ1n) is 51.5. The van der Waals surface area contributed by atoms with Gasteiger partial charge in [-0.15, -0.1) is 0 Å². The molecule has 0 aromatic heterocycles. The molecule has 149 heavy (non-hydrogen) atoms. The molecule has 8 amide bonds. The summed E-state index contributed by atoms with van der Waals surface area (Å²) >= 11 is 19.0. The lowest BCUT2D eigenvalue weighted by Gasteiger charge is -2.32. The summed E-state index contributed by atoms with van der Waals surface area (Å²) in [6.45, 7) is 20.0. The van der Waals surface area contributed by atoms with E-state index in [9.17, 15) is 48.3 Å². The number of benzene rings is 9. The van der Waals surface area contributed by atoms with Gasteiger partial charge in [0.2, 0.25) is 47.3 Å². The van der Waals surface area contributed by atoms with Crippen molar-refractivity contribution < 1.29 is 71.9 Å². The molecule has 3 fully saturated rings. The molecule has 0 saturated carbocycles. The van der Waals surface area contributed by atoms with Gasteiger partial charge in [-0.3, -0.25) is 43.2 Å². The van der Waals surface area contributed by atoms with Gasteiger partial charge in [-0.05, 0) is 226 Å². The Morgan fingerprint density at radius 1 is 0.416 bits per heavy atom. The van der Waals surface area contributed by atoms with Gasteiger partial charge < -0.3 is 87.3 Å². The van der Waals surface area contributed by atoms with Crippen LogP contribution < -0.4 is 43.8 Å². The minimum Gasteiger partial charge on any atom is -0.478 e. The smallest absolute Gasteiger partial charge is 0.302 e. The normalized spacial score (nSPS) is 19.0. The Labute approximate surface area is 892 Å². The molecule has 4 aliphatic rings. The molecule has 13 rings (SSSR count). The third-order valence-electron chi connectivity index (χ3n) is 27.2. The second kappa shape index (κ2) is 58.0. The van der Waals surface area contributed by atoms with Crippen LogP contribution in [0.25, 0.3) is 0 Å². The molecule has 0 unspecified atom stereocenters. The fraction of sp³-hybridized carbons (Fsp3) is 0.412. The fourth-order valence-corrected chi connectivity index (χ4v) is 19.2. The largest absolute Gasteiger partial charge is 0.478 e. The second-order valence-corrected chi connectivity index (χ2v) is 41.4. The van der Waals surface area contributed by atoms with E-state index in [0.29, 0.717) is 98.8 Å². The number of nitrogens with two attached hydrogens (primary N) is 3. The van der Waals surface area contributed by atoms with Crippen molar-refractivity contribution in [2.45, 2.75) is 257 Å². The predicted octanol–water partition coefficient (Wildman–Crippen LogP) is 15.7. The number of esters is 1. The standard InChI is InChI=1S/C41H51ClN4O6.C39H49ClN4O5.C39H47ClN4O4/c1-28(43)38(48)45-37(29(2)51-26-32-15-9-6-10-16-32)39(49)46-22-12-19-36(46)20-21-41(4,25-33-17-11-18-34(42)23-33)40(50)44-35(27-52-30(3)47)24-31-13-7-5-8-14-31;1-27(41)36(46)43-35(28(2)49-26-30-14-8-5-9-15-30)37(47)44-21-11-18-34(44)19-20-39(3,24-31-16-10-17-32(40)22-31)38(48)42-33(25-45)23-29-12-6-4-7-13-29;1-27(41)36(45)43-35(28(2)47-25-30-14-8-5-9-15-30)37(46)44-21-11-18-34(44)19-20-39(3,24-31-16-10-17-32(40)22-31)38-42-33(26-48-38)23-29-12-6-4-7-13-29/h5-11,13-18,20-21,23,28-29,35-37H,12,19,22,24-27,43H2,1-4H3,(H,44,50)(H,45,48);4-10,12-17,19-20,22,27-28,33-35,45H,11,18,21,23-26,41H2,1-3H3,(H,42,48)(H,43,46);4-10,12-17,19-20,22,27-28,33-35H,11,18,21,23-26,41H2,1-3H3,(H,43,45)/b21-20+;2*20-19+/t28-,29+,35-,36-,37-,41-;2*27-,28+,33-,34-,35-,39-/m000/s1. The summed E-state index contributed by atoms with van der Waals surface area (Å²) in [6, 6.07) is 74.3. The van der Waals surface area contributed by atoms with Gasteiger partial charge in [-0.25, -0.2) is 4.99 Å². The molecule has 3 saturated heterocycles. The number of aliphatic imine (C=N–C) groups is 1. The molecule has 0 radical (unpaired) electrons. The number of nitrogens with one attached hydrogen (secondary N) is 5. The Kier molecular flexibility index (Phi) is 45.5. The third-order valence-corrected chi connectivity index (χ3v) is 27.9. The first kappa shape index (κ1) is 117. The van der Waals surface area contributed by atoms with Crippen molar-refractivity contribution >= 4 is 93.9 Å². The molecule has 27 nitrogen and oxygen atoms in total. The van der Waals surface area contributed by atoms with Crippen LogP contribution in [-0.2, 0) is 125 Å². The van der Waals surface area contributed by atoms with Gasteiger partial charge in [0.15, 0.2) is 5.90 Å². The number of hydrogen-bond donors (Lipinski definition) is 9. The molecular weight excluding hydrogens is 1940 g/mol. The molecule has 30 heteroatoms. The number of amides is 8. The lowest BCUT2D eigenvalue weighted by Crippen LogP contribution is -2.57. The molecule has 794 valence electrons. The van der Waals surface area contributed by atoms with E-state index in [-0.39, 0.29) is 80.1 Å². The highest BCUT2D eigenvalue weighted by atomic mass is 35.5. The Morgan fingerprint density at radius 3 is 1.05 bits per heavy atom. The number of hydrogen-bond acceptors (Lipinski definition) is 19. The summed E-state index contributed by atoms with van der Waals surface area (Å²) in [7, 11) is 0. The lowest BCUT2D eigenvalue weighted by molar-refractivity contribution is -0.143. The van der Waals surface area contributed by atoms with Crippen LogP contribution in [0, 0.1) is 16.2 Å². The van der Waals surface area contributed by atoms with Crippen LogP contribution in [-0.4, -0.2) is 209 Å². The van der Waals surface area contributed by atoms with E-state index in [2.05, 4.69) is 63.9 Å². The second-order valence-electron chi connectivity index (χ2n) is 40.1. The van der Waals surface area contributed by atoms with Crippen molar-refractivity contribution in [3.05, 3.63) is 356 Å². The van der Waals surface area contributed by atoms with Gasteiger partial charge in [-0.1, -0.05) is 290 Å². The van der Waals surface area contributed by atoms with Crippen LogP contribution >= 0.6 is 34.8 Å². The number of nitrogens with zero attached hydrogens (tertiary/aromatic N) is 4. The summed E-state index contributed by atoms with van der Waals surface area (Å²) in [5.41, 5.74) is 23.8. The quantitative estimate of drug-likeness (QED) is 0.0126. The molecule has 18 atom stereocenters. The number of likely N-dealkylation sites (tertiary alicyclic amines) is 3. The first-order valence-corrected chi connectivity index (χ1v) is 52.6. The zero-order chi connectivity index (χ0) is 107. The Balaban J connectivity index is 0.000000212. The monoisotopic (exact) mass is 2090 g/mol. The molecular formula is C119H147Cl3N12O15. The van der Waals surface area contributed by atoms with E-state index in [1.54, 1.807) is 56.6 Å². The van der Waals surface area contributed by atoms with Gasteiger partial charge in [0.05, 0.1) is 115 Å². The number of aliphatic hydroxyl groups excluding tert-OH is 1. The van der Waals surface area contributed by atoms with E-state index in [1.165, 1.54) is 12.5 Å². The summed E-state index contributed by atoms with van der Waals surface area (Å²) in [6.07, 6.45) is 17.4. The Hall–Kier alpha value is -12.5. The van der Waals surface area contributed by atoms with Gasteiger partial charge in [-0.2, -0.15) is 0 Å². The molecule has 0 spiro atoms. The summed E-state index contributed by atoms with van der Waals surface area (Å²) < 4.78 is 30.0. The predicted molar refractivity (Wildman–Crippen MR) is 585 cm³/mol. The van der Waals surface area contributed by atoms with E-state index < -0.39 is 107 Å². The maximum absolute atomic E-state index is 14.3. The summed E-state index contributed by atoms with van der Waals surface area (Å²) in [5, 5.41) is 26.7. The minimum atomic E-state index is -1.08. The minimum absolute atomic E-state index is 0.0108. The van der Waals surface area contributed by atoms with Gasteiger partial charge >= 0.3 is 5.97 Å². The van der Waals surface area contributed by atoms with Crippen LogP contribution in [0.15, 0.2) is 296 Å². The molecule has 9 aromatic carbocycles. The molecule has 0 bridgehead atoms. The van der Waals surface area contributed by atoms with E-state index in [4.69, 9.17) is 80.7 Å². The topological polar surface area (TPSA) is 380 Å². The highest BCUT2D eigenvalue weighted by Crippen LogP contribution is 2.37. The number of aliphatic hydroxyl groups is 1. The number of carbonyl (C=O) groups excluding carboxylic acids is 9. The molecule has 0 aliphatic carbocycles. The van der Waals surface area contributed by atoms with Crippen molar-refractivity contribution in [2.75, 3.05) is 39.5 Å². The zero-order valence-corrected chi connectivity index (χ0v) is 89.3. The number of rotatable bonds is 47. The molecule has 9 aromatic rings. The van der Waals surface area contributed by atoms with Crippen molar-refractivity contribution in [1.82, 2.24) is 41.3 Å². The van der Waals surface area contributed by atoms with Crippen LogP contribution in [0.5, 0.6) is 0 Å². The Morgan fingerprint density at radius 2 is 0.725 bits per heavy atom. The van der Waals surface area contributed by atoms with E-state index in [0.717, 1.165) is 76.6 Å². The highest BCUT2D eigenvalue weighted by Gasteiger charge is 2.44. The van der Waals surface area contributed by atoms with Gasteiger partial charge in [0, 0.05) is 41.6 Å². The van der Waals surface area contributed by atoms with Crippen molar-refractivity contribution in [3.8, 4) is 0 Å². The summed E-state index contributed by atoms with van der Waals surface area (Å²) in [5.74, 6) is -2.31. The van der Waals surface area contributed by atoms with Crippen LogP contribution in [0.1, 0.15) is 158 Å². The number of carbonyl (C=O) groups is 9. The maximum Gasteiger partial charge on any atom is 0.302 e. The highest BCUT2D eigenvalue weighted by molar-refractivity contribution is 6.31. The van der Waals surface area contributed by atoms with Gasteiger partial charge in [0.1, 0.15) is 31.3 Å². The molecule has 4 heterocycles. The van der Waals surface area contributed by atoms with E-state index in [1.807, 2.05) is 274 Å². The van der Waals surface area contributed by atoms with Gasteiger partial charge in [0.25, 0.3) is 0 Å². The fourth-order valence-electron chi connectivity index (χ4n) is 18.6. The average molecular weight is 2090 g/mol. The lowest BCUT2D eigenvalue weighted by atomic mass is 9.81. The van der Waals surface area contributed by atoms with Crippen molar-refractivity contribution in [2.24, 2.45) is 38.4 Å². The molecule has 12 N–H and O–H groups in total. The third kappa shape index (κ3) is 36.4. The van der Waals surface area contributed by atoms with E-state index >= 15 is 0 Å². The SMILES string of the molecule is CC(=O)OC[C@H](Cc1ccccc1)NC(=O)[C@@](C)(/C=C/[C@@H]1CCCN1C(=O)[C@@H](NC(=O)[C@H](C)N)[C@@H](C)OCc1ccccc1)Cc1cccc(Cl)c1.C[C@H](N)C(=O)N[C@H](C(=O)N1CCC[C@H]1/C=C/[C@@](C)(Cc1cccc(Cl)c1)C(=O)N[C@H](CO)Cc1ccccc1)[C@@H](C)OCc1ccccc1.C[C@H](N)C(=O)N[C@H](C(=O)N1CCC[C@H]1/C=C/[C@@](C)(Cc1cccc(Cl)c1)C1=N[C@@H](Cc2ccccc2)CO1)[C@@H](C)OCc1ccccc1. The molecule has 4 aliphatic heterocycles. The average Bonchev–Trinajstić information content (AvgIpc) is 1.71. The zero-order valence-electron chi connectivity index (χ0n) is 87.0.